The number of nitrogens with one attached hydrogen (secondary N) is 1. The van der Waals surface area contributed by atoms with E-state index in [0.29, 0.717) is 0 Å². The molecule has 0 aromatic carbocycles. The molecule has 0 heterocycles. The maximum absolute atomic E-state index is 11.9. The van der Waals surface area contributed by atoms with E-state index in [-0.39, 0.29) is 25.9 Å². The van der Waals surface area contributed by atoms with Crippen LogP contribution in [0.4, 0.5) is 4.79 Å². The number of aliphatic carboxylic acids is 1. The molecule has 0 aliphatic carbocycles. The van der Waals surface area contributed by atoms with Crippen LogP contribution in [-0.4, -0.2) is 54.2 Å². The molecule has 0 aliphatic rings. The van der Waals surface area contributed by atoms with Crippen LogP contribution in [0.1, 0.15) is 12.8 Å². The van der Waals surface area contributed by atoms with Crippen molar-refractivity contribution in [2.45, 2.75) is 18.9 Å². The molecule has 0 saturated heterocycles. The van der Waals surface area contributed by atoms with Gasteiger partial charge in [0.1, 0.15) is 6.04 Å². The van der Waals surface area contributed by atoms with Crippen molar-refractivity contribution in [3.63, 3.8) is 0 Å². The fourth-order valence-corrected chi connectivity index (χ4v) is 1.41. The van der Waals surface area contributed by atoms with Crippen LogP contribution in [0.25, 0.3) is 0 Å². The summed E-state index contributed by atoms with van der Waals surface area (Å²) in [6.45, 7) is 7.56. The molecule has 7 nitrogen and oxygen atoms in total. The Labute approximate surface area is 117 Å². The standard InChI is InChI=1S/C13H20N2O5/c1-4-8-15(9-5-2)13(19)14-10(12(17)18)6-7-11(16)20-3/h4-5,10H,1-2,6-9H2,3H3,(H,14,19)(H,17,18)/t10-/m0/s1. The zero-order chi connectivity index (χ0) is 15.5. The van der Waals surface area contributed by atoms with Crippen LogP contribution in [-0.2, 0) is 14.3 Å². The van der Waals surface area contributed by atoms with E-state index in [9.17, 15) is 14.4 Å². The smallest absolute Gasteiger partial charge is 0.326 e. The number of ether oxygens (including phenoxy) is 1. The summed E-state index contributed by atoms with van der Waals surface area (Å²) in [6.07, 6.45) is 2.92. The molecule has 0 spiro atoms. The predicted octanol–water partition coefficient (Wildman–Crippen LogP) is 0.776. The number of carboxylic acids is 1. The van der Waals surface area contributed by atoms with Gasteiger partial charge in [0.2, 0.25) is 0 Å². The lowest BCUT2D eigenvalue weighted by Crippen LogP contribution is -2.48. The van der Waals surface area contributed by atoms with Gasteiger partial charge >= 0.3 is 18.0 Å². The van der Waals surface area contributed by atoms with Crippen molar-refractivity contribution in [2.75, 3.05) is 20.2 Å². The van der Waals surface area contributed by atoms with Gasteiger partial charge in [-0.25, -0.2) is 9.59 Å². The Kier molecular flexibility index (Phi) is 8.49. The maximum Gasteiger partial charge on any atom is 0.326 e. The summed E-state index contributed by atoms with van der Waals surface area (Å²) >= 11 is 0. The molecule has 0 fully saturated rings. The van der Waals surface area contributed by atoms with Crippen LogP contribution in [0.15, 0.2) is 25.3 Å². The van der Waals surface area contributed by atoms with Crippen LogP contribution in [0.3, 0.4) is 0 Å². The largest absolute Gasteiger partial charge is 0.480 e. The number of carbonyl (C=O) groups excluding carboxylic acids is 2. The Morgan fingerprint density at radius 2 is 1.85 bits per heavy atom. The normalized spacial score (nSPS) is 11.1. The van der Waals surface area contributed by atoms with Crippen molar-refractivity contribution >= 4 is 18.0 Å². The first-order valence-electron chi connectivity index (χ1n) is 6.03. The minimum absolute atomic E-state index is 0.0379. The first kappa shape index (κ1) is 17.7. The van der Waals surface area contributed by atoms with Gasteiger partial charge in [0.15, 0.2) is 0 Å². The van der Waals surface area contributed by atoms with Gasteiger partial charge in [-0.1, -0.05) is 12.2 Å². The van der Waals surface area contributed by atoms with Crippen LogP contribution >= 0.6 is 0 Å². The lowest BCUT2D eigenvalue weighted by molar-refractivity contribution is -0.142. The van der Waals surface area contributed by atoms with Gasteiger partial charge in [0.25, 0.3) is 0 Å². The van der Waals surface area contributed by atoms with E-state index in [2.05, 4.69) is 23.2 Å². The molecule has 2 amide bonds. The minimum Gasteiger partial charge on any atom is -0.480 e. The molecule has 1 atom stereocenters. The molecular formula is C13H20N2O5. The highest BCUT2D eigenvalue weighted by atomic mass is 16.5. The predicted molar refractivity (Wildman–Crippen MR) is 73.2 cm³/mol. The number of rotatable bonds is 9. The quantitative estimate of drug-likeness (QED) is 0.482. The van der Waals surface area contributed by atoms with Crippen molar-refractivity contribution in [2.24, 2.45) is 0 Å². The minimum atomic E-state index is -1.21. The van der Waals surface area contributed by atoms with E-state index in [1.165, 1.54) is 24.2 Å². The van der Waals surface area contributed by atoms with Crippen molar-refractivity contribution < 1.29 is 24.2 Å². The number of carboxylic acid groups (broad SMARTS) is 1. The number of methoxy groups -OCH3 is 1. The molecule has 0 bridgehead atoms. The van der Waals surface area contributed by atoms with Crippen LogP contribution in [0.2, 0.25) is 0 Å². The topological polar surface area (TPSA) is 95.9 Å². The Hall–Kier alpha value is -2.31. The van der Waals surface area contributed by atoms with E-state index in [1.54, 1.807) is 0 Å². The second kappa shape index (κ2) is 9.60. The molecule has 2 N–H and O–H groups in total. The average Bonchev–Trinajstić information content (AvgIpc) is 2.42. The van der Waals surface area contributed by atoms with Crippen molar-refractivity contribution in [3.05, 3.63) is 25.3 Å². The molecule has 0 aliphatic heterocycles. The number of hydrogen-bond acceptors (Lipinski definition) is 4. The number of hydrogen-bond donors (Lipinski definition) is 2. The van der Waals surface area contributed by atoms with Gasteiger partial charge in [-0.05, 0) is 6.42 Å². The first-order chi connectivity index (χ1) is 9.46. The zero-order valence-electron chi connectivity index (χ0n) is 11.5. The van der Waals surface area contributed by atoms with Crippen molar-refractivity contribution in [1.29, 1.82) is 0 Å². The Balaban J connectivity index is 4.59. The SMILES string of the molecule is C=CCN(CC=C)C(=O)N[C@@H](CCC(=O)OC)C(=O)O. The summed E-state index contributed by atoms with van der Waals surface area (Å²) in [6, 6.07) is -1.71. The van der Waals surface area contributed by atoms with Gasteiger partial charge in [0, 0.05) is 19.5 Å². The molecule has 0 saturated carbocycles. The second-order valence-corrected chi connectivity index (χ2v) is 3.94. The second-order valence-electron chi connectivity index (χ2n) is 3.94. The number of carbonyl (C=O) groups is 3. The molecule has 0 aromatic rings. The fraction of sp³-hybridized carbons (Fsp3) is 0.462. The Morgan fingerprint density at radius 3 is 2.25 bits per heavy atom. The van der Waals surface area contributed by atoms with Crippen molar-refractivity contribution in [3.8, 4) is 0 Å². The summed E-state index contributed by atoms with van der Waals surface area (Å²) in [5, 5.41) is 11.4. The summed E-state index contributed by atoms with van der Waals surface area (Å²) in [4.78, 5) is 35.3. The van der Waals surface area contributed by atoms with E-state index >= 15 is 0 Å². The third-order valence-electron chi connectivity index (χ3n) is 2.45. The monoisotopic (exact) mass is 284 g/mol. The Morgan fingerprint density at radius 1 is 1.30 bits per heavy atom. The third kappa shape index (κ3) is 6.58. The molecule has 20 heavy (non-hydrogen) atoms. The Bertz CT molecular complexity index is 371. The van der Waals surface area contributed by atoms with E-state index in [0.717, 1.165) is 0 Å². The molecule has 7 heteroatoms. The molecule has 0 unspecified atom stereocenters. The molecule has 0 radical (unpaired) electrons. The van der Waals surface area contributed by atoms with Gasteiger partial charge in [-0.15, -0.1) is 13.2 Å². The van der Waals surface area contributed by atoms with Gasteiger partial charge in [-0.3, -0.25) is 4.79 Å². The highest BCUT2D eigenvalue weighted by Gasteiger charge is 2.23. The van der Waals surface area contributed by atoms with Gasteiger partial charge < -0.3 is 20.1 Å². The van der Waals surface area contributed by atoms with Gasteiger partial charge in [-0.2, -0.15) is 0 Å². The van der Waals surface area contributed by atoms with E-state index in [4.69, 9.17) is 5.11 Å². The average molecular weight is 284 g/mol. The van der Waals surface area contributed by atoms with Crippen molar-refractivity contribution in [1.82, 2.24) is 10.2 Å². The fourth-order valence-electron chi connectivity index (χ4n) is 1.41. The number of esters is 1. The van der Waals surface area contributed by atoms with E-state index < -0.39 is 24.0 Å². The van der Waals surface area contributed by atoms with Crippen LogP contribution in [0, 0.1) is 0 Å². The van der Waals surface area contributed by atoms with E-state index in [1.807, 2.05) is 0 Å². The lowest BCUT2D eigenvalue weighted by atomic mass is 10.1. The summed E-state index contributed by atoms with van der Waals surface area (Å²) in [7, 11) is 1.21. The number of nitrogens with zero attached hydrogens (tertiary/aromatic N) is 1. The highest BCUT2D eigenvalue weighted by molar-refractivity contribution is 5.83. The first-order valence-corrected chi connectivity index (χ1v) is 6.03. The molecule has 0 rings (SSSR count). The number of urea groups is 1. The number of amides is 2. The molecule has 0 aromatic heterocycles. The summed E-state index contributed by atoms with van der Waals surface area (Å²) in [5.41, 5.74) is 0. The zero-order valence-corrected chi connectivity index (χ0v) is 11.5. The van der Waals surface area contributed by atoms with Crippen LogP contribution < -0.4 is 5.32 Å². The summed E-state index contributed by atoms with van der Waals surface area (Å²) in [5.74, 6) is -1.74. The summed E-state index contributed by atoms with van der Waals surface area (Å²) < 4.78 is 4.43. The maximum atomic E-state index is 11.9. The lowest BCUT2D eigenvalue weighted by Gasteiger charge is -2.22. The molecular weight excluding hydrogens is 264 g/mol. The van der Waals surface area contributed by atoms with Gasteiger partial charge in [0.05, 0.1) is 7.11 Å². The molecule has 112 valence electrons. The van der Waals surface area contributed by atoms with Crippen LogP contribution in [0.5, 0.6) is 0 Å². The highest BCUT2D eigenvalue weighted by Crippen LogP contribution is 2.01. The third-order valence-corrected chi connectivity index (χ3v) is 2.45.